The summed E-state index contributed by atoms with van der Waals surface area (Å²) in [5.74, 6) is 2.67. The Hall–Kier alpha value is -2.14. The lowest BCUT2D eigenvalue weighted by molar-refractivity contribution is 0.410. The Kier molecular flexibility index (Phi) is 18.0. The van der Waals surface area contributed by atoms with Crippen molar-refractivity contribution in [3.05, 3.63) is 89.0 Å². The third-order valence-electron chi connectivity index (χ3n) is 6.49. The zero-order chi connectivity index (χ0) is 29.6. The molecule has 3 unspecified atom stereocenters. The lowest BCUT2D eigenvalue weighted by Gasteiger charge is -2.28. The predicted molar refractivity (Wildman–Crippen MR) is 188 cm³/mol. The summed E-state index contributed by atoms with van der Waals surface area (Å²) < 4.78 is 11.4. The van der Waals surface area contributed by atoms with E-state index in [4.69, 9.17) is 9.47 Å². The van der Waals surface area contributed by atoms with Gasteiger partial charge in [0.1, 0.15) is 11.5 Å². The molecule has 3 aromatic rings. The van der Waals surface area contributed by atoms with E-state index in [1.54, 1.807) is 19.8 Å². The third kappa shape index (κ3) is 11.0. The summed E-state index contributed by atoms with van der Waals surface area (Å²) in [7, 11) is 4.04. The van der Waals surface area contributed by atoms with Crippen LogP contribution in [0.5, 0.6) is 11.5 Å². The molecule has 1 aliphatic rings. The van der Waals surface area contributed by atoms with Crippen LogP contribution in [0.3, 0.4) is 0 Å². The van der Waals surface area contributed by atoms with Crippen molar-refractivity contribution in [1.29, 1.82) is 0 Å². The minimum Gasteiger partial charge on any atom is -0.496 e. The van der Waals surface area contributed by atoms with Crippen molar-refractivity contribution in [2.45, 2.75) is 87.2 Å². The summed E-state index contributed by atoms with van der Waals surface area (Å²) >= 11 is 0. The number of ether oxygens (including phenoxy) is 2. The molecule has 4 rings (SSSR count). The summed E-state index contributed by atoms with van der Waals surface area (Å²) in [6, 6.07) is 21.3. The number of benzene rings is 3. The van der Waals surface area contributed by atoms with Crippen LogP contribution in [0, 0.1) is 19.8 Å². The first kappa shape index (κ1) is 37.9. The van der Waals surface area contributed by atoms with E-state index in [1.165, 1.54) is 34.8 Å². The number of hydrogen-bond acceptors (Lipinski definition) is 2. The molecule has 0 aromatic heterocycles. The standard InChI is InChI=1S/C25H29O2P.C7H12.2C2H6.H3P/c1-17-14-18(2)16-19(15-17)25(3,4)28-23-13-9-12-22(27-6)24(23)20-10-7-8-11-21(20)26-5;1-3-4-7-5-6(7)2;2*1-2;/h7-16,28H,1-6H3;4,6H,3,5H2,1-2H3;2*1-2H3;1H3/b;7-4+;;;. The summed E-state index contributed by atoms with van der Waals surface area (Å²) in [6.45, 7) is 21.5. The highest BCUT2D eigenvalue weighted by molar-refractivity contribution is 7.48. The van der Waals surface area contributed by atoms with Crippen LogP contribution in [0.1, 0.15) is 84.9 Å². The van der Waals surface area contributed by atoms with E-state index in [1.807, 2.05) is 52.0 Å². The van der Waals surface area contributed by atoms with Gasteiger partial charge in [0.25, 0.3) is 0 Å². The van der Waals surface area contributed by atoms with Crippen molar-refractivity contribution in [3.63, 3.8) is 0 Å². The molecular weight excluding hydrogens is 526 g/mol. The lowest BCUT2D eigenvalue weighted by atomic mass is 9.98. The van der Waals surface area contributed by atoms with Gasteiger partial charge in [-0.25, -0.2) is 0 Å². The smallest absolute Gasteiger partial charge is 0.127 e. The minimum absolute atomic E-state index is 0. The number of rotatable bonds is 7. The van der Waals surface area contributed by atoms with Crippen molar-refractivity contribution >= 4 is 23.8 Å². The highest BCUT2D eigenvalue weighted by Crippen LogP contribution is 2.45. The molecule has 0 spiro atoms. The van der Waals surface area contributed by atoms with E-state index in [0.717, 1.165) is 28.5 Å². The van der Waals surface area contributed by atoms with Gasteiger partial charge < -0.3 is 9.47 Å². The van der Waals surface area contributed by atoms with Crippen molar-refractivity contribution < 1.29 is 9.47 Å². The molecular formula is C36H56O2P2. The summed E-state index contributed by atoms with van der Waals surface area (Å²) in [4.78, 5) is 0. The summed E-state index contributed by atoms with van der Waals surface area (Å²) in [5, 5.41) is 1.30. The third-order valence-corrected chi connectivity index (χ3v) is 8.09. The van der Waals surface area contributed by atoms with Gasteiger partial charge in [-0.05, 0) is 55.6 Å². The summed E-state index contributed by atoms with van der Waals surface area (Å²) in [6.07, 6.45) is 4.93. The highest BCUT2D eigenvalue weighted by atomic mass is 31.1. The number of hydrogen-bond donors (Lipinski definition) is 0. The first-order chi connectivity index (χ1) is 18.7. The topological polar surface area (TPSA) is 18.5 Å². The van der Waals surface area contributed by atoms with Crippen LogP contribution >= 0.6 is 18.5 Å². The lowest BCUT2D eigenvalue weighted by Crippen LogP contribution is -2.17. The molecule has 3 atom stereocenters. The second-order valence-electron chi connectivity index (χ2n) is 10.0. The molecule has 0 heterocycles. The normalized spacial score (nSPS) is 14.5. The van der Waals surface area contributed by atoms with Crippen molar-refractivity contribution in [1.82, 2.24) is 0 Å². The number of methoxy groups -OCH3 is 2. The molecule has 0 radical (unpaired) electrons. The monoisotopic (exact) mass is 582 g/mol. The first-order valence-corrected chi connectivity index (χ1v) is 15.6. The molecule has 0 saturated heterocycles. The number of allylic oxidation sites excluding steroid dienone is 2. The van der Waals surface area contributed by atoms with E-state index in [-0.39, 0.29) is 15.1 Å². The van der Waals surface area contributed by atoms with Crippen molar-refractivity contribution in [3.8, 4) is 22.6 Å². The van der Waals surface area contributed by atoms with E-state index >= 15 is 0 Å². The Morgan fingerprint density at radius 1 is 0.850 bits per heavy atom. The van der Waals surface area contributed by atoms with Crippen LogP contribution < -0.4 is 14.8 Å². The number of para-hydroxylation sites is 1. The second kappa shape index (κ2) is 19.1. The molecule has 4 heteroatoms. The number of aryl methyl sites for hydroxylation is 2. The maximum Gasteiger partial charge on any atom is 0.127 e. The largest absolute Gasteiger partial charge is 0.496 e. The first-order valence-electron chi connectivity index (χ1n) is 14.6. The average molecular weight is 583 g/mol. The van der Waals surface area contributed by atoms with E-state index in [2.05, 4.69) is 84.0 Å². The zero-order valence-electron chi connectivity index (χ0n) is 27.4. The van der Waals surface area contributed by atoms with Gasteiger partial charge in [-0.1, -0.05) is 135 Å². The maximum absolute atomic E-state index is 5.75. The molecule has 40 heavy (non-hydrogen) atoms. The fourth-order valence-electron chi connectivity index (χ4n) is 4.52. The summed E-state index contributed by atoms with van der Waals surface area (Å²) in [5.41, 5.74) is 7.85. The molecule has 0 bridgehead atoms. The van der Waals surface area contributed by atoms with Gasteiger partial charge in [0.2, 0.25) is 0 Å². The van der Waals surface area contributed by atoms with E-state index in [0.29, 0.717) is 8.58 Å². The molecule has 0 amide bonds. The van der Waals surface area contributed by atoms with Gasteiger partial charge >= 0.3 is 0 Å². The minimum atomic E-state index is 0. The van der Waals surface area contributed by atoms with Crippen LogP contribution in [0.4, 0.5) is 0 Å². The molecule has 1 aliphatic carbocycles. The second-order valence-corrected chi connectivity index (χ2v) is 12.0. The quantitative estimate of drug-likeness (QED) is 0.204. The average Bonchev–Trinajstić information content (AvgIpc) is 3.64. The van der Waals surface area contributed by atoms with Gasteiger partial charge in [0.05, 0.1) is 14.2 Å². The molecule has 3 aromatic carbocycles. The SMILES string of the molecule is CC.CC.CC/C=C1\CC1C.COc1ccccc1-c1c(OC)cccc1PC(C)(C)c1cc(C)cc(C)c1.P. The van der Waals surface area contributed by atoms with Crippen LogP contribution in [-0.2, 0) is 5.16 Å². The Labute approximate surface area is 251 Å². The van der Waals surface area contributed by atoms with Gasteiger partial charge in [-0.15, -0.1) is 0 Å². The Morgan fingerprint density at radius 3 is 1.85 bits per heavy atom. The Balaban J connectivity index is 0.00000108. The molecule has 222 valence electrons. The zero-order valence-corrected chi connectivity index (χ0v) is 29.8. The Morgan fingerprint density at radius 2 is 1.38 bits per heavy atom. The Bertz CT molecular complexity index is 1160. The van der Waals surface area contributed by atoms with Crippen molar-refractivity contribution in [2.75, 3.05) is 14.2 Å². The molecule has 1 saturated carbocycles. The molecule has 1 fully saturated rings. The van der Waals surface area contributed by atoms with Gasteiger partial charge in [0.15, 0.2) is 0 Å². The van der Waals surface area contributed by atoms with Gasteiger partial charge in [0, 0.05) is 16.3 Å². The molecule has 0 aliphatic heterocycles. The van der Waals surface area contributed by atoms with Crippen LogP contribution in [0.15, 0.2) is 72.3 Å². The fraction of sp³-hybridized carbons (Fsp3) is 0.444. The maximum atomic E-state index is 5.75. The fourth-order valence-corrected chi connectivity index (χ4v) is 6.04. The van der Waals surface area contributed by atoms with Gasteiger partial charge in [-0.2, -0.15) is 9.90 Å². The molecule has 0 N–H and O–H groups in total. The van der Waals surface area contributed by atoms with Crippen LogP contribution in [0.25, 0.3) is 11.1 Å². The highest BCUT2D eigenvalue weighted by Gasteiger charge is 2.25. The van der Waals surface area contributed by atoms with E-state index < -0.39 is 0 Å². The van der Waals surface area contributed by atoms with Crippen molar-refractivity contribution in [2.24, 2.45) is 5.92 Å². The van der Waals surface area contributed by atoms with E-state index in [9.17, 15) is 0 Å². The van der Waals surface area contributed by atoms with Crippen LogP contribution in [0.2, 0.25) is 0 Å². The molecule has 2 nitrogen and oxygen atoms in total. The van der Waals surface area contributed by atoms with Gasteiger partial charge in [-0.3, -0.25) is 0 Å². The van der Waals surface area contributed by atoms with Crippen LogP contribution in [-0.4, -0.2) is 14.2 Å². The predicted octanol–water partition coefficient (Wildman–Crippen LogP) is 10.7.